The number of aromatic nitrogens is 2. The Kier molecular flexibility index (Phi) is 8.69. The van der Waals surface area contributed by atoms with Crippen LogP contribution in [0.2, 0.25) is 5.02 Å². The quantitative estimate of drug-likeness (QED) is 0.176. The zero-order valence-electron chi connectivity index (χ0n) is 20.5. The second kappa shape index (κ2) is 12.2. The fraction of sp³-hybridized carbons (Fsp3) is 0.185. The van der Waals surface area contributed by atoms with Gasteiger partial charge in [0, 0.05) is 16.9 Å². The molecule has 0 radical (unpaired) electrons. The molecule has 0 amide bonds. The zero-order valence-corrected chi connectivity index (χ0v) is 22.1. The molecule has 0 unspecified atom stereocenters. The van der Waals surface area contributed by atoms with Crippen molar-refractivity contribution in [2.45, 2.75) is 23.8 Å². The smallest absolute Gasteiger partial charge is 0.236 e. The van der Waals surface area contributed by atoms with E-state index in [1.165, 1.54) is 23.9 Å². The summed E-state index contributed by atoms with van der Waals surface area (Å²) < 4.78 is 25.1. The van der Waals surface area contributed by atoms with Crippen LogP contribution in [0.15, 0.2) is 51.9 Å². The van der Waals surface area contributed by atoms with E-state index in [1.54, 1.807) is 37.3 Å². The van der Waals surface area contributed by atoms with E-state index >= 15 is 0 Å². The van der Waals surface area contributed by atoms with Crippen LogP contribution in [0, 0.1) is 30.6 Å². The van der Waals surface area contributed by atoms with Crippen LogP contribution < -0.4 is 10.5 Å². The summed E-state index contributed by atoms with van der Waals surface area (Å²) in [5.41, 5.74) is 8.22. The molecule has 198 valence electrons. The summed E-state index contributed by atoms with van der Waals surface area (Å²) in [7, 11) is 0. The molecule has 9 nitrogen and oxygen atoms in total. The van der Waals surface area contributed by atoms with E-state index in [9.17, 15) is 14.8 Å². The molecular formula is C27H21ClFN5O4S. The minimum absolute atomic E-state index is 0.00756. The first-order valence-corrected chi connectivity index (χ1v) is 12.8. The van der Waals surface area contributed by atoms with Gasteiger partial charge in [-0.15, -0.1) is 0 Å². The van der Waals surface area contributed by atoms with E-state index in [-0.39, 0.29) is 40.3 Å². The second-order valence-electron chi connectivity index (χ2n) is 8.24. The number of nitrogens with zero attached hydrogens (tertiary/aromatic N) is 4. The summed E-state index contributed by atoms with van der Waals surface area (Å²) in [6.45, 7) is 8.83. The maximum atomic E-state index is 13.9. The number of aryl methyl sites for hydroxylation is 1. The lowest BCUT2D eigenvalue weighted by molar-refractivity contribution is 0.0536. The molecule has 0 aliphatic rings. The number of nitrogen functional groups attached to an aromatic ring is 1. The van der Waals surface area contributed by atoms with Crippen molar-refractivity contribution in [1.29, 1.82) is 5.26 Å². The first-order valence-electron chi connectivity index (χ1n) is 11.4. The van der Waals surface area contributed by atoms with Crippen molar-refractivity contribution >= 4 is 34.9 Å². The van der Waals surface area contributed by atoms with Gasteiger partial charge in [-0.2, -0.15) is 5.26 Å². The van der Waals surface area contributed by atoms with Gasteiger partial charge in [0.25, 0.3) is 0 Å². The van der Waals surface area contributed by atoms with Crippen LogP contribution >= 0.6 is 23.4 Å². The standard InChI is InChI=1S/C27H21ClFN5O4S/c1-14-22(33-26(38-14)16-5-8-20(28)21(29)9-16)13-39-27-19(10-30)23(24(32-2)25(31)34-27)15-3-6-18(7-4-15)37-12-17(36)11-35/h3-9,17,35-36H,11-13H2,1H3,(H2,31,34)/t17-/m0/s1. The fourth-order valence-corrected chi connectivity index (χ4v) is 4.70. The first-order chi connectivity index (χ1) is 18.7. The predicted octanol–water partition coefficient (Wildman–Crippen LogP) is 5.53. The third-order valence-electron chi connectivity index (χ3n) is 5.59. The largest absolute Gasteiger partial charge is 0.491 e. The molecule has 2 aromatic carbocycles. The Morgan fingerprint density at radius 2 is 1.97 bits per heavy atom. The molecule has 4 rings (SSSR count). The molecule has 0 spiro atoms. The van der Waals surface area contributed by atoms with Crippen molar-refractivity contribution in [3.05, 3.63) is 81.7 Å². The summed E-state index contributed by atoms with van der Waals surface area (Å²) in [6, 6.07) is 13.0. The van der Waals surface area contributed by atoms with Gasteiger partial charge in [-0.05, 0) is 42.8 Å². The van der Waals surface area contributed by atoms with Gasteiger partial charge < -0.3 is 25.1 Å². The number of aliphatic hydroxyl groups is 2. The van der Waals surface area contributed by atoms with Crippen LogP contribution in [0.1, 0.15) is 17.0 Å². The zero-order chi connectivity index (χ0) is 28.1. The minimum atomic E-state index is -1.01. The number of hydrogen-bond donors (Lipinski definition) is 3. The number of rotatable bonds is 9. The molecule has 39 heavy (non-hydrogen) atoms. The number of oxazole rings is 1. The normalized spacial score (nSPS) is 11.6. The van der Waals surface area contributed by atoms with Crippen molar-refractivity contribution in [1.82, 2.24) is 9.97 Å². The van der Waals surface area contributed by atoms with Gasteiger partial charge in [0.2, 0.25) is 11.6 Å². The number of pyridine rings is 1. The summed E-state index contributed by atoms with van der Waals surface area (Å²) in [6.07, 6.45) is -1.01. The highest BCUT2D eigenvalue weighted by atomic mass is 35.5. The molecule has 2 aromatic heterocycles. The number of anilines is 1. The Hall–Kier alpha value is -4.13. The minimum Gasteiger partial charge on any atom is -0.491 e. The molecule has 12 heteroatoms. The van der Waals surface area contributed by atoms with E-state index < -0.39 is 18.5 Å². The Morgan fingerprint density at radius 3 is 2.62 bits per heavy atom. The lowest BCUT2D eigenvalue weighted by Gasteiger charge is -2.14. The van der Waals surface area contributed by atoms with Gasteiger partial charge in [0.05, 0.1) is 29.5 Å². The number of aliphatic hydroxyl groups excluding tert-OH is 2. The Bertz CT molecular complexity index is 1600. The molecule has 4 aromatic rings. The van der Waals surface area contributed by atoms with Crippen molar-refractivity contribution in [3.63, 3.8) is 0 Å². The Balaban J connectivity index is 1.63. The van der Waals surface area contributed by atoms with Crippen molar-refractivity contribution in [2.24, 2.45) is 0 Å². The molecule has 0 fully saturated rings. The number of nitrogens with two attached hydrogens (primary N) is 1. The maximum Gasteiger partial charge on any atom is 0.236 e. The highest BCUT2D eigenvalue weighted by molar-refractivity contribution is 7.98. The molecule has 0 aliphatic carbocycles. The highest BCUT2D eigenvalue weighted by Gasteiger charge is 2.22. The van der Waals surface area contributed by atoms with Crippen LogP contribution in [0.25, 0.3) is 27.4 Å². The Labute approximate surface area is 232 Å². The van der Waals surface area contributed by atoms with Crippen LogP contribution in [0.4, 0.5) is 15.9 Å². The molecule has 2 heterocycles. The van der Waals surface area contributed by atoms with Gasteiger partial charge in [0.1, 0.15) is 47.0 Å². The lowest BCUT2D eigenvalue weighted by atomic mass is 10.00. The summed E-state index contributed by atoms with van der Waals surface area (Å²) in [5, 5.41) is 28.8. The van der Waals surface area contributed by atoms with Crippen LogP contribution in [-0.4, -0.2) is 39.5 Å². The molecule has 1 atom stereocenters. The predicted molar refractivity (Wildman–Crippen MR) is 145 cm³/mol. The van der Waals surface area contributed by atoms with Gasteiger partial charge in [-0.3, -0.25) is 0 Å². The number of nitriles is 1. The van der Waals surface area contributed by atoms with E-state index in [2.05, 4.69) is 20.9 Å². The van der Waals surface area contributed by atoms with E-state index in [0.717, 1.165) is 0 Å². The van der Waals surface area contributed by atoms with Gasteiger partial charge >= 0.3 is 0 Å². The maximum absolute atomic E-state index is 13.9. The van der Waals surface area contributed by atoms with Gasteiger partial charge in [0.15, 0.2) is 0 Å². The van der Waals surface area contributed by atoms with E-state index in [1.807, 2.05) is 0 Å². The molecule has 0 aliphatic heterocycles. The third-order valence-corrected chi connectivity index (χ3v) is 6.88. The fourth-order valence-electron chi connectivity index (χ4n) is 3.59. The molecule has 0 saturated carbocycles. The van der Waals surface area contributed by atoms with Crippen LogP contribution in [0.3, 0.4) is 0 Å². The number of halogens is 2. The molecular weight excluding hydrogens is 545 g/mol. The van der Waals surface area contributed by atoms with Gasteiger partial charge in [-0.1, -0.05) is 35.5 Å². The number of ether oxygens (including phenoxy) is 1. The van der Waals surface area contributed by atoms with Crippen LogP contribution in [0.5, 0.6) is 5.75 Å². The van der Waals surface area contributed by atoms with Crippen molar-refractivity contribution < 1.29 is 23.8 Å². The van der Waals surface area contributed by atoms with Crippen molar-refractivity contribution in [2.75, 3.05) is 18.9 Å². The van der Waals surface area contributed by atoms with Crippen LogP contribution in [-0.2, 0) is 5.75 Å². The average molecular weight is 566 g/mol. The van der Waals surface area contributed by atoms with Gasteiger partial charge in [-0.25, -0.2) is 19.2 Å². The molecule has 0 bridgehead atoms. The second-order valence-corrected chi connectivity index (χ2v) is 9.61. The summed E-state index contributed by atoms with van der Waals surface area (Å²) in [5.74, 6) is 0.826. The highest BCUT2D eigenvalue weighted by Crippen LogP contribution is 2.42. The third kappa shape index (κ3) is 6.14. The number of hydrogen-bond acceptors (Lipinski definition) is 9. The molecule has 4 N–H and O–H groups in total. The summed E-state index contributed by atoms with van der Waals surface area (Å²) >= 11 is 6.97. The monoisotopic (exact) mass is 565 g/mol. The van der Waals surface area contributed by atoms with Crippen molar-refractivity contribution in [3.8, 4) is 34.4 Å². The number of thioether (sulfide) groups is 1. The SMILES string of the molecule is [C-]#[N+]c1c(N)nc(SCc2nc(-c3ccc(Cl)c(F)c3)oc2C)c(C#N)c1-c1ccc(OC[C@@H](O)CO)cc1. The first kappa shape index (κ1) is 27.9. The number of benzene rings is 2. The lowest BCUT2D eigenvalue weighted by Crippen LogP contribution is -2.21. The molecule has 0 saturated heterocycles. The average Bonchev–Trinajstić information content (AvgIpc) is 3.32. The van der Waals surface area contributed by atoms with E-state index in [0.29, 0.717) is 38.9 Å². The topological polar surface area (TPSA) is 143 Å². The summed E-state index contributed by atoms with van der Waals surface area (Å²) in [4.78, 5) is 12.3. The van der Waals surface area contributed by atoms with E-state index in [4.69, 9.17) is 38.2 Å². The Morgan fingerprint density at radius 1 is 1.26 bits per heavy atom.